The van der Waals surface area contributed by atoms with Gasteiger partial charge in [-0.05, 0) is 26.0 Å². The Morgan fingerprint density at radius 2 is 2.14 bits per heavy atom. The number of H-pyrrole nitrogens is 1. The predicted octanol–water partition coefficient (Wildman–Crippen LogP) is 2.59. The molecule has 0 radical (unpaired) electrons. The van der Waals surface area contributed by atoms with Gasteiger partial charge in [-0.25, -0.2) is 9.67 Å². The summed E-state index contributed by atoms with van der Waals surface area (Å²) in [6.07, 6.45) is 2.79. The highest BCUT2D eigenvalue weighted by molar-refractivity contribution is 7.99. The van der Waals surface area contributed by atoms with Crippen LogP contribution in [-0.2, 0) is 10.5 Å². The van der Waals surface area contributed by atoms with E-state index in [1.807, 2.05) is 32.0 Å². The Hall–Kier alpha value is -3.40. The molecule has 0 spiro atoms. The van der Waals surface area contributed by atoms with Crippen LogP contribution in [0.3, 0.4) is 0 Å². The average Bonchev–Trinajstić information content (AvgIpc) is 3.28. The molecule has 0 unspecified atom stereocenters. The van der Waals surface area contributed by atoms with Crippen LogP contribution in [0.1, 0.15) is 17.0 Å². The zero-order valence-corrected chi connectivity index (χ0v) is 16.6. The Labute approximate surface area is 169 Å². The predicted molar refractivity (Wildman–Crippen MR) is 110 cm³/mol. The molecule has 3 aromatic heterocycles. The zero-order chi connectivity index (χ0) is 20.4. The average molecular weight is 410 g/mol. The first-order valence-corrected chi connectivity index (χ1v) is 10.00. The Kier molecular flexibility index (Phi) is 5.17. The van der Waals surface area contributed by atoms with Crippen molar-refractivity contribution in [3.8, 4) is 5.69 Å². The molecular weight excluding hydrogens is 392 g/mol. The first-order valence-electron chi connectivity index (χ1n) is 8.84. The Bertz CT molecular complexity index is 1220. The van der Waals surface area contributed by atoms with Crippen molar-refractivity contribution < 1.29 is 9.32 Å². The fourth-order valence-corrected chi connectivity index (χ4v) is 3.91. The molecule has 10 heteroatoms. The molecule has 0 saturated heterocycles. The number of hydrogen-bond acceptors (Lipinski definition) is 7. The van der Waals surface area contributed by atoms with E-state index in [0.717, 1.165) is 17.0 Å². The highest BCUT2D eigenvalue weighted by Crippen LogP contribution is 2.23. The van der Waals surface area contributed by atoms with E-state index in [4.69, 9.17) is 4.52 Å². The highest BCUT2D eigenvalue weighted by Gasteiger charge is 2.14. The molecule has 0 aliphatic heterocycles. The summed E-state index contributed by atoms with van der Waals surface area (Å²) in [5, 5.41) is 11.5. The zero-order valence-electron chi connectivity index (χ0n) is 15.8. The highest BCUT2D eigenvalue weighted by atomic mass is 32.2. The molecule has 0 aliphatic rings. The van der Waals surface area contributed by atoms with Crippen LogP contribution in [0.15, 0.2) is 46.1 Å². The number of carbonyl (C=O) groups excluding carboxylic acids is 1. The van der Waals surface area contributed by atoms with Crippen molar-refractivity contribution in [3.05, 3.63) is 64.2 Å². The number of thioether (sulfide) groups is 1. The minimum atomic E-state index is -0.265. The molecule has 3 heterocycles. The number of nitrogens with one attached hydrogen (secondary N) is 2. The van der Waals surface area contributed by atoms with Gasteiger partial charge in [0.1, 0.15) is 11.1 Å². The van der Waals surface area contributed by atoms with Gasteiger partial charge in [0.25, 0.3) is 5.56 Å². The van der Waals surface area contributed by atoms with Crippen LogP contribution in [0.5, 0.6) is 0 Å². The van der Waals surface area contributed by atoms with Crippen molar-refractivity contribution in [2.24, 2.45) is 0 Å². The number of amides is 1. The number of benzene rings is 1. The number of carbonyl (C=O) groups is 1. The Morgan fingerprint density at radius 1 is 1.31 bits per heavy atom. The van der Waals surface area contributed by atoms with Crippen molar-refractivity contribution in [2.75, 3.05) is 11.1 Å². The molecular formula is C19H18N6O3S. The van der Waals surface area contributed by atoms with Gasteiger partial charge in [-0.2, -0.15) is 5.10 Å². The third-order valence-electron chi connectivity index (χ3n) is 4.44. The largest absolute Gasteiger partial charge is 0.361 e. The van der Waals surface area contributed by atoms with Crippen molar-refractivity contribution in [2.45, 2.75) is 19.6 Å². The molecule has 4 rings (SSSR count). The van der Waals surface area contributed by atoms with Crippen LogP contribution in [0.2, 0.25) is 0 Å². The smallest absolute Gasteiger partial charge is 0.261 e. The maximum atomic E-state index is 12.5. The van der Waals surface area contributed by atoms with Gasteiger partial charge >= 0.3 is 0 Å². The standard InChI is InChI=1S/C19H18N6O3S/c1-11-14(12(2)28-24-11)8-29-9-17(26)23-15-5-3-4-6-16(15)25-18-13(7-22-25)19(27)21-10-20-18/h3-7,10H,8-9H2,1-2H3,(H,23,26)(H,20,21,27). The lowest BCUT2D eigenvalue weighted by atomic mass is 10.2. The summed E-state index contributed by atoms with van der Waals surface area (Å²) in [7, 11) is 0. The second-order valence-corrected chi connectivity index (χ2v) is 7.37. The third kappa shape index (κ3) is 3.79. The summed E-state index contributed by atoms with van der Waals surface area (Å²) in [5.41, 5.74) is 3.23. The number of hydrogen-bond donors (Lipinski definition) is 2. The van der Waals surface area contributed by atoms with Crippen LogP contribution in [0.4, 0.5) is 5.69 Å². The van der Waals surface area contributed by atoms with Crippen LogP contribution in [-0.4, -0.2) is 36.6 Å². The van der Waals surface area contributed by atoms with Gasteiger partial charge in [-0.3, -0.25) is 9.59 Å². The van der Waals surface area contributed by atoms with E-state index in [9.17, 15) is 9.59 Å². The Balaban J connectivity index is 1.50. The SMILES string of the molecule is Cc1noc(C)c1CSCC(=O)Nc1ccccc1-n1ncc2c(=O)[nH]cnc21. The second-order valence-electron chi connectivity index (χ2n) is 6.39. The first-order chi connectivity index (χ1) is 14.0. The van der Waals surface area contributed by atoms with Crippen molar-refractivity contribution in [1.82, 2.24) is 24.9 Å². The normalized spacial score (nSPS) is 11.1. The number of nitrogens with zero attached hydrogens (tertiary/aromatic N) is 4. The summed E-state index contributed by atoms with van der Waals surface area (Å²) in [5.74, 6) is 1.55. The minimum absolute atomic E-state index is 0.142. The van der Waals surface area contributed by atoms with E-state index in [1.165, 1.54) is 29.0 Å². The van der Waals surface area contributed by atoms with Gasteiger partial charge in [0.15, 0.2) is 5.65 Å². The van der Waals surface area contributed by atoms with E-state index in [2.05, 4.69) is 25.5 Å². The number of para-hydroxylation sites is 2. The molecule has 1 aromatic carbocycles. The number of anilines is 1. The molecule has 4 aromatic rings. The monoisotopic (exact) mass is 410 g/mol. The van der Waals surface area contributed by atoms with Gasteiger partial charge < -0.3 is 14.8 Å². The van der Waals surface area contributed by atoms with Gasteiger partial charge in [0, 0.05) is 11.3 Å². The molecule has 0 aliphatic carbocycles. The summed E-state index contributed by atoms with van der Waals surface area (Å²) in [4.78, 5) is 31.1. The van der Waals surface area contributed by atoms with E-state index < -0.39 is 0 Å². The van der Waals surface area contributed by atoms with Crippen molar-refractivity contribution in [1.29, 1.82) is 0 Å². The van der Waals surface area contributed by atoms with Crippen LogP contribution in [0, 0.1) is 13.8 Å². The number of aromatic amines is 1. The van der Waals surface area contributed by atoms with Crippen LogP contribution < -0.4 is 10.9 Å². The van der Waals surface area contributed by atoms with E-state index in [-0.39, 0.29) is 17.2 Å². The maximum absolute atomic E-state index is 12.5. The molecule has 9 nitrogen and oxygen atoms in total. The number of aromatic nitrogens is 5. The van der Waals surface area contributed by atoms with Crippen molar-refractivity contribution >= 4 is 34.4 Å². The number of rotatable bonds is 6. The molecule has 0 bridgehead atoms. The van der Waals surface area contributed by atoms with Crippen LogP contribution in [0.25, 0.3) is 16.7 Å². The lowest BCUT2D eigenvalue weighted by molar-refractivity contribution is -0.113. The fraction of sp³-hybridized carbons (Fsp3) is 0.211. The van der Waals surface area contributed by atoms with Gasteiger partial charge in [0.05, 0.1) is 35.3 Å². The molecule has 29 heavy (non-hydrogen) atoms. The fourth-order valence-electron chi connectivity index (χ4n) is 2.94. The maximum Gasteiger partial charge on any atom is 0.261 e. The van der Waals surface area contributed by atoms with Gasteiger partial charge in [-0.1, -0.05) is 17.3 Å². The van der Waals surface area contributed by atoms with Crippen LogP contribution >= 0.6 is 11.8 Å². The Morgan fingerprint density at radius 3 is 2.93 bits per heavy atom. The number of fused-ring (bicyclic) bond motifs is 1. The molecule has 0 fully saturated rings. The first kappa shape index (κ1) is 18.9. The minimum Gasteiger partial charge on any atom is -0.361 e. The summed E-state index contributed by atoms with van der Waals surface area (Å²) in [6.45, 7) is 3.75. The molecule has 0 saturated carbocycles. The second kappa shape index (κ2) is 7.92. The lowest BCUT2D eigenvalue weighted by Gasteiger charge is -2.11. The van der Waals surface area contributed by atoms with Crippen molar-refractivity contribution in [3.63, 3.8) is 0 Å². The molecule has 148 valence electrons. The third-order valence-corrected chi connectivity index (χ3v) is 5.40. The van der Waals surface area contributed by atoms with Gasteiger partial charge in [-0.15, -0.1) is 11.8 Å². The van der Waals surface area contributed by atoms with E-state index >= 15 is 0 Å². The molecule has 2 N–H and O–H groups in total. The summed E-state index contributed by atoms with van der Waals surface area (Å²) in [6, 6.07) is 7.24. The quantitative estimate of drug-likeness (QED) is 0.501. The van der Waals surface area contributed by atoms with E-state index in [1.54, 1.807) is 6.07 Å². The number of aryl methyl sites for hydroxylation is 2. The topological polar surface area (TPSA) is 119 Å². The lowest BCUT2D eigenvalue weighted by Crippen LogP contribution is -2.16. The molecule has 0 atom stereocenters. The molecule has 1 amide bonds. The van der Waals surface area contributed by atoms with Gasteiger partial charge in [0.2, 0.25) is 5.91 Å². The summed E-state index contributed by atoms with van der Waals surface area (Å²) >= 11 is 1.48. The van der Waals surface area contributed by atoms with E-state index in [0.29, 0.717) is 28.2 Å². The summed E-state index contributed by atoms with van der Waals surface area (Å²) < 4.78 is 6.68.